The van der Waals surface area contributed by atoms with Crippen LogP contribution in [-0.4, -0.2) is 37.2 Å². The van der Waals surface area contributed by atoms with Gasteiger partial charge in [0, 0.05) is 19.3 Å². The van der Waals surface area contributed by atoms with E-state index in [1.54, 1.807) is 0 Å². The molecular formula is C67H118O6. The fourth-order valence-electron chi connectivity index (χ4n) is 9.04. The number of hydrogen-bond donors (Lipinski definition) is 0. The highest BCUT2D eigenvalue weighted by atomic mass is 16.6. The van der Waals surface area contributed by atoms with E-state index >= 15 is 0 Å². The third-order valence-corrected chi connectivity index (χ3v) is 13.7. The van der Waals surface area contributed by atoms with Crippen LogP contribution >= 0.6 is 0 Å². The van der Waals surface area contributed by atoms with E-state index in [0.717, 1.165) is 103 Å². The summed E-state index contributed by atoms with van der Waals surface area (Å²) in [5, 5.41) is 0. The van der Waals surface area contributed by atoms with Gasteiger partial charge in [-0.15, -0.1) is 0 Å². The fraction of sp³-hybridized carbons (Fsp3) is 0.776. The van der Waals surface area contributed by atoms with Crippen molar-refractivity contribution >= 4 is 17.9 Å². The summed E-state index contributed by atoms with van der Waals surface area (Å²) in [6, 6.07) is 0. The van der Waals surface area contributed by atoms with Crippen molar-refractivity contribution in [1.29, 1.82) is 0 Å². The summed E-state index contributed by atoms with van der Waals surface area (Å²) in [5.41, 5.74) is 0. The van der Waals surface area contributed by atoms with Crippen LogP contribution in [0.4, 0.5) is 0 Å². The third kappa shape index (κ3) is 59.6. The quantitative estimate of drug-likeness (QED) is 0.0261. The van der Waals surface area contributed by atoms with E-state index in [1.165, 1.54) is 173 Å². The van der Waals surface area contributed by atoms with Crippen molar-refractivity contribution in [2.45, 2.75) is 322 Å². The lowest BCUT2D eigenvalue weighted by Gasteiger charge is -2.18. The number of ether oxygens (including phenoxy) is 3. The first-order chi connectivity index (χ1) is 36.0. The predicted molar refractivity (Wildman–Crippen MR) is 316 cm³/mol. The van der Waals surface area contributed by atoms with Gasteiger partial charge in [0.05, 0.1) is 0 Å². The third-order valence-electron chi connectivity index (χ3n) is 13.7. The van der Waals surface area contributed by atoms with Crippen LogP contribution in [0, 0.1) is 0 Å². The molecule has 0 fully saturated rings. The molecule has 1 atom stereocenters. The predicted octanol–water partition coefficient (Wildman–Crippen LogP) is 21.3. The molecule has 0 rings (SSSR count). The molecule has 0 heterocycles. The molecule has 0 spiro atoms. The van der Waals surface area contributed by atoms with Crippen molar-refractivity contribution in [3.05, 3.63) is 72.9 Å². The molecular weight excluding hydrogens is 901 g/mol. The second-order valence-electron chi connectivity index (χ2n) is 21.0. The zero-order valence-electron chi connectivity index (χ0n) is 48.4. The van der Waals surface area contributed by atoms with Gasteiger partial charge in [0.1, 0.15) is 13.2 Å². The number of hydrogen-bond acceptors (Lipinski definition) is 6. The normalized spacial score (nSPS) is 12.5. The smallest absolute Gasteiger partial charge is 0.306 e. The molecule has 6 heteroatoms. The highest BCUT2D eigenvalue weighted by Gasteiger charge is 2.19. The summed E-state index contributed by atoms with van der Waals surface area (Å²) < 4.78 is 16.7. The van der Waals surface area contributed by atoms with Gasteiger partial charge in [0.15, 0.2) is 6.10 Å². The molecule has 0 aliphatic carbocycles. The van der Waals surface area contributed by atoms with Crippen LogP contribution in [0.5, 0.6) is 0 Å². The van der Waals surface area contributed by atoms with Gasteiger partial charge in [0.2, 0.25) is 0 Å². The minimum atomic E-state index is -0.766. The summed E-state index contributed by atoms with van der Waals surface area (Å²) in [4.78, 5) is 37.8. The maximum absolute atomic E-state index is 12.8. The fourth-order valence-corrected chi connectivity index (χ4v) is 9.04. The highest BCUT2D eigenvalue weighted by molar-refractivity contribution is 5.71. The summed E-state index contributed by atoms with van der Waals surface area (Å²) in [5.74, 6) is -0.869. The Balaban J connectivity index is 3.91. The van der Waals surface area contributed by atoms with Crippen LogP contribution in [0.15, 0.2) is 72.9 Å². The number of rotatable bonds is 57. The first-order valence-electron chi connectivity index (χ1n) is 31.4. The summed E-state index contributed by atoms with van der Waals surface area (Å²) in [6.45, 7) is 6.47. The van der Waals surface area contributed by atoms with Crippen molar-refractivity contribution < 1.29 is 28.6 Å². The van der Waals surface area contributed by atoms with Gasteiger partial charge < -0.3 is 14.2 Å². The molecule has 0 amide bonds. The van der Waals surface area contributed by atoms with Crippen molar-refractivity contribution in [1.82, 2.24) is 0 Å². The Morgan fingerprint density at radius 2 is 0.534 bits per heavy atom. The van der Waals surface area contributed by atoms with Crippen LogP contribution in [0.1, 0.15) is 316 Å². The molecule has 0 aromatic rings. The van der Waals surface area contributed by atoms with E-state index in [4.69, 9.17) is 14.2 Å². The van der Waals surface area contributed by atoms with Crippen molar-refractivity contribution in [3.8, 4) is 0 Å². The zero-order chi connectivity index (χ0) is 52.9. The van der Waals surface area contributed by atoms with E-state index in [0.29, 0.717) is 19.3 Å². The second kappa shape index (κ2) is 61.4. The molecule has 422 valence electrons. The topological polar surface area (TPSA) is 78.9 Å². The Morgan fingerprint density at radius 1 is 0.288 bits per heavy atom. The van der Waals surface area contributed by atoms with E-state index in [-0.39, 0.29) is 31.1 Å². The van der Waals surface area contributed by atoms with Crippen molar-refractivity contribution in [2.24, 2.45) is 0 Å². The Hall–Kier alpha value is -3.15. The number of allylic oxidation sites excluding steroid dienone is 12. The van der Waals surface area contributed by atoms with Gasteiger partial charge in [-0.3, -0.25) is 14.4 Å². The van der Waals surface area contributed by atoms with Gasteiger partial charge in [-0.25, -0.2) is 0 Å². The Labute approximate surface area is 453 Å². The lowest BCUT2D eigenvalue weighted by Crippen LogP contribution is -2.30. The van der Waals surface area contributed by atoms with Gasteiger partial charge in [-0.1, -0.05) is 299 Å². The van der Waals surface area contributed by atoms with E-state index in [9.17, 15) is 14.4 Å². The minimum Gasteiger partial charge on any atom is -0.462 e. The van der Waals surface area contributed by atoms with E-state index in [2.05, 4.69) is 93.7 Å². The zero-order valence-corrected chi connectivity index (χ0v) is 48.4. The number of carbonyl (C=O) groups is 3. The Morgan fingerprint density at radius 3 is 0.836 bits per heavy atom. The number of carbonyl (C=O) groups excluding carboxylic acids is 3. The molecule has 6 nitrogen and oxygen atoms in total. The van der Waals surface area contributed by atoms with Crippen molar-refractivity contribution in [2.75, 3.05) is 13.2 Å². The summed E-state index contributed by atoms with van der Waals surface area (Å²) >= 11 is 0. The lowest BCUT2D eigenvalue weighted by molar-refractivity contribution is -0.167. The molecule has 73 heavy (non-hydrogen) atoms. The van der Waals surface area contributed by atoms with Gasteiger partial charge >= 0.3 is 17.9 Å². The standard InChI is InChI=1S/C67H118O6/c1-4-7-10-13-15-17-19-21-23-24-25-26-27-28-29-30-31-32-33-34-35-36-37-38-39-40-41-42-44-45-47-49-51-54-57-60-66(69)72-63-64(62-71-65(68)59-56-53-12-9-6-3)73-67(70)61-58-55-52-50-48-46-43-22-20-18-16-14-11-8-5-2/h7,10,15,17,21,23,25-26,28-29,31-32,64H,4-6,8-9,11-14,16,18-20,22,24,27,30,33-63H2,1-3H3/b10-7-,17-15-,23-21-,26-25-,29-28-,32-31-. The molecule has 0 aromatic heterocycles. The monoisotopic (exact) mass is 1020 g/mol. The summed E-state index contributed by atoms with van der Waals surface area (Å²) in [7, 11) is 0. The van der Waals surface area contributed by atoms with Crippen LogP contribution < -0.4 is 0 Å². The van der Waals surface area contributed by atoms with Gasteiger partial charge in [-0.2, -0.15) is 0 Å². The first kappa shape index (κ1) is 69.8. The molecule has 0 saturated carbocycles. The molecule has 0 radical (unpaired) electrons. The summed E-state index contributed by atoms with van der Waals surface area (Å²) in [6.07, 6.45) is 79.7. The molecule has 0 aliphatic heterocycles. The lowest BCUT2D eigenvalue weighted by atomic mass is 10.0. The SMILES string of the molecule is CC/C=C\C/C=C\C/C=C\C/C=C\C/C=C\C/C=C\CCCCCCCCCCCCCCCCCCC(=O)OCC(COC(=O)CCCCCCC)OC(=O)CCCCCCCCCCCCCCCCC. The highest BCUT2D eigenvalue weighted by Crippen LogP contribution is 2.17. The van der Waals surface area contributed by atoms with Crippen LogP contribution in [0.25, 0.3) is 0 Å². The molecule has 0 N–H and O–H groups in total. The molecule has 0 bridgehead atoms. The Bertz CT molecular complexity index is 1360. The second-order valence-corrected chi connectivity index (χ2v) is 21.0. The average Bonchev–Trinajstić information content (AvgIpc) is 3.39. The maximum Gasteiger partial charge on any atom is 0.306 e. The van der Waals surface area contributed by atoms with E-state index in [1.807, 2.05) is 0 Å². The van der Waals surface area contributed by atoms with Crippen molar-refractivity contribution in [3.63, 3.8) is 0 Å². The maximum atomic E-state index is 12.8. The first-order valence-corrected chi connectivity index (χ1v) is 31.4. The van der Waals surface area contributed by atoms with Crippen LogP contribution in [0.2, 0.25) is 0 Å². The molecule has 1 unspecified atom stereocenters. The van der Waals surface area contributed by atoms with Crippen LogP contribution in [0.3, 0.4) is 0 Å². The molecule has 0 aromatic carbocycles. The van der Waals surface area contributed by atoms with E-state index < -0.39 is 6.10 Å². The number of unbranched alkanes of at least 4 members (excludes halogenated alkanes) is 34. The van der Waals surface area contributed by atoms with Gasteiger partial charge in [-0.05, 0) is 70.6 Å². The average molecular weight is 1020 g/mol. The van der Waals surface area contributed by atoms with Crippen LogP contribution in [-0.2, 0) is 28.6 Å². The molecule has 0 saturated heterocycles. The largest absolute Gasteiger partial charge is 0.462 e. The Kier molecular flexibility index (Phi) is 58.7. The minimum absolute atomic E-state index is 0.0699. The number of esters is 3. The van der Waals surface area contributed by atoms with Gasteiger partial charge in [0.25, 0.3) is 0 Å². The molecule has 0 aliphatic rings.